The number of likely N-dealkylation sites (tertiary alicyclic amines) is 1. The zero-order chi connectivity index (χ0) is 24.7. The van der Waals surface area contributed by atoms with Crippen molar-refractivity contribution in [3.8, 4) is 0 Å². The Morgan fingerprint density at radius 3 is 2.34 bits per heavy atom. The Hall–Kier alpha value is -3.00. The van der Waals surface area contributed by atoms with Gasteiger partial charge in [0.2, 0.25) is 11.8 Å². The van der Waals surface area contributed by atoms with Crippen molar-refractivity contribution in [2.45, 2.75) is 38.6 Å². The highest BCUT2D eigenvalue weighted by Crippen LogP contribution is 2.56. The van der Waals surface area contributed by atoms with E-state index in [2.05, 4.69) is 21.2 Å². The summed E-state index contributed by atoms with van der Waals surface area (Å²) in [5.41, 5.74) is 2.35. The highest BCUT2D eigenvalue weighted by molar-refractivity contribution is 9.10. The highest BCUT2D eigenvalue weighted by Gasteiger charge is 2.62. The maximum Gasteiger partial charge on any atom is 0.330 e. The van der Waals surface area contributed by atoms with Gasteiger partial charge in [0.15, 0.2) is 6.61 Å². The van der Waals surface area contributed by atoms with Gasteiger partial charge >= 0.3 is 5.97 Å². The summed E-state index contributed by atoms with van der Waals surface area (Å²) < 4.78 is 6.28. The van der Waals surface area contributed by atoms with E-state index >= 15 is 0 Å². The molecular formula is C27H27BrN2O5. The van der Waals surface area contributed by atoms with Crippen molar-refractivity contribution in [3.05, 3.63) is 64.1 Å². The van der Waals surface area contributed by atoms with Gasteiger partial charge in [-0.25, -0.2) is 4.79 Å². The number of carbonyl (C=O) groups is 4. The Labute approximate surface area is 212 Å². The molecule has 5 atom stereocenters. The van der Waals surface area contributed by atoms with Gasteiger partial charge in [-0.05, 0) is 67.3 Å². The Bertz CT molecular complexity index is 1160. The molecular weight excluding hydrogens is 512 g/mol. The average Bonchev–Trinajstić information content (AvgIpc) is 3.53. The first-order valence-electron chi connectivity index (χ1n) is 12.0. The van der Waals surface area contributed by atoms with Crippen molar-refractivity contribution >= 4 is 45.3 Å². The number of hydrogen-bond acceptors (Lipinski definition) is 5. The van der Waals surface area contributed by atoms with Crippen LogP contribution in [0.5, 0.6) is 0 Å². The first kappa shape index (κ1) is 23.7. The molecule has 1 N–H and O–H groups in total. The number of anilines is 1. The average molecular weight is 539 g/mol. The molecule has 2 saturated carbocycles. The van der Waals surface area contributed by atoms with Crippen LogP contribution in [-0.4, -0.2) is 41.2 Å². The number of fused-ring (bicyclic) bond motifs is 5. The van der Waals surface area contributed by atoms with E-state index in [-0.39, 0.29) is 41.9 Å². The van der Waals surface area contributed by atoms with Gasteiger partial charge in [0.1, 0.15) is 6.04 Å². The number of aryl methyl sites for hydroxylation is 1. The van der Waals surface area contributed by atoms with Crippen LogP contribution < -0.4 is 5.32 Å². The topological polar surface area (TPSA) is 92.8 Å². The molecule has 3 amide bonds. The van der Waals surface area contributed by atoms with E-state index in [1.807, 2.05) is 43.3 Å². The summed E-state index contributed by atoms with van der Waals surface area (Å²) in [5, 5.41) is 2.71. The number of carbonyl (C=O) groups excluding carboxylic acids is 4. The summed E-state index contributed by atoms with van der Waals surface area (Å²) in [6, 6.07) is 13.5. The Balaban J connectivity index is 1.31. The van der Waals surface area contributed by atoms with Crippen LogP contribution in [0.4, 0.5) is 5.69 Å². The Morgan fingerprint density at radius 2 is 1.71 bits per heavy atom. The van der Waals surface area contributed by atoms with Crippen LogP contribution in [0.3, 0.4) is 0 Å². The van der Waals surface area contributed by atoms with Gasteiger partial charge < -0.3 is 10.1 Å². The molecule has 0 radical (unpaired) electrons. The third kappa shape index (κ3) is 4.51. The number of esters is 1. The van der Waals surface area contributed by atoms with Crippen LogP contribution in [0.15, 0.2) is 53.0 Å². The SMILES string of the molecule is Cc1cc(NC(=O)COC(=O)[C@H](Cc2ccccc2)N2C(=O)[C@@H]3[C@H]4CC[C@@H](C4)[C@H]3C2=O)ccc1Br. The molecule has 5 rings (SSSR count). The molecule has 2 bridgehead atoms. The lowest BCUT2D eigenvalue weighted by molar-refractivity contribution is -0.160. The quantitative estimate of drug-likeness (QED) is 0.426. The smallest absolute Gasteiger partial charge is 0.330 e. The van der Waals surface area contributed by atoms with Gasteiger partial charge in [-0.15, -0.1) is 0 Å². The number of ether oxygens (including phenoxy) is 1. The maximum absolute atomic E-state index is 13.4. The zero-order valence-corrected chi connectivity index (χ0v) is 21.0. The molecule has 8 heteroatoms. The summed E-state index contributed by atoms with van der Waals surface area (Å²) >= 11 is 3.42. The van der Waals surface area contributed by atoms with Crippen molar-refractivity contribution in [1.29, 1.82) is 0 Å². The van der Waals surface area contributed by atoms with E-state index < -0.39 is 24.5 Å². The van der Waals surface area contributed by atoms with Gasteiger partial charge in [-0.2, -0.15) is 0 Å². The second-order valence-electron chi connectivity index (χ2n) is 9.76. The van der Waals surface area contributed by atoms with E-state index in [4.69, 9.17) is 4.74 Å². The number of nitrogens with one attached hydrogen (secondary N) is 1. The van der Waals surface area contributed by atoms with Crippen LogP contribution in [0, 0.1) is 30.6 Å². The van der Waals surface area contributed by atoms with Crippen LogP contribution in [0.1, 0.15) is 30.4 Å². The van der Waals surface area contributed by atoms with Crippen LogP contribution >= 0.6 is 15.9 Å². The number of imide groups is 1. The summed E-state index contributed by atoms with van der Waals surface area (Å²) in [5.74, 6) is -1.97. The molecule has 1 aliphatic heterocycles. The molecule has 2 aromatic carbocycles. The van der Waals surface area contributed by atoms with E-state index in [0.29, 0.717) is 5.69 Å². The molecule has 7 nitrogen and oxygen atoms in total. The highest BCUT2D eigenvalue weighted by atomic mass is 79.9. The standard InChI is InChI=1S/C27H27BrN2O5/c1-15-11-19(9-10-20(15)28)29-22(31)14-35-27(34)21(12-16-5-3-2-4-6-16)30-25(32)23-17-7-8-18(13-17)24(23)26(30)33/h2-6,9-11,17-18,21,23-24H,7-8,12-14H2,1H3,(H,29,31)/t17-,18-,21-,23+,24+/m0/s1. The lowest BCUT2D eigenvalue weighted by Gasteiger charge is -2.26. The summed E-state index contributed by atoms with van der Waals surface area (Å²) in [6.45, 7) is 1.40. The Morgan fingerprint density at radius 1 is 1.06 bits per heavy atom. The van der Waals surface area contributed by atoms with Crippen molar-refractivity contribution in [1.82, 2.24) is 4.90 Å². The molecule has 3 fully saturated rings. The van der Waals surface area contributed by atoms with Crippen molar-refractivity contribution < 1.29 is 23.9 Å². The normalized spacial score (nSPS) is 25.5. The zero-order valence-electron chi connectivity index (χ0n) is 19.4. The largest absolute Gasteiger partial charge is 0.454 e. The van der Waals surface area contributed by atoms with Crippen LogP contribution in [-0.2, 0) is 30.3 Å². The predicted octanol–water partition coefficient (Wildman–Crippen LogP) is 3.88. The third-order valence-electron chi connectivity index (χ3n) is 7.60. The van der Waals surface area contributed by atoms with Gasteiger partial charge in [-0.3, -0.25) is 19.3 Å². The van der Waals surface area contributed by atoms with E-state index in [1.165, 1.54) is 0 Å². The second kappa shape index (κ2) is 9.57. The number of amides is 3. The van der Waals surface area contributed by atoms with E-state index in [1.54, 1.807) is 12.1 Å². The monoisotopic (exact) mass is 538 g/mol. The van der Waals surface area contributed by atoms with Crippen molar-refractivity contribution in [2.75, 3.05) is 11.9 Å². The lowest BCUT2D eigenvalue weighted by atomic mass is 9.81. The summed E-state index contributed by atoms with van der Waals surface area (Å²) in [4.78, 5) is 53.6. The molecule has 0 unspecified atom stereocenters. The number of hydrogen-bond donors (Lipinski definition) is 1. The van der Waals surface area contributed by atoms with Gasteiger partial charge in [-0.1, -0.05) is 46.3 Å². The molecule has 2 aromatic rings. The maximum atomic E-state index is 13.4. The lowest BCUT2D eigenvalue weighted by Crippen LogP contribution is -2.48. The molecule has 1 saturated heterocycles. The Kier molecular flexibility index (Phi) is 6.49. The van der Waals surface area contributed by atoms with E-state index in [0.717, 1.165) is 39.8 Å². The van der Waals surface area contributed by atoms with Gasteiger partial charge in [0.25, 0.3) is 5.91 Å². The van der Waals surface area contributed by atoms with Gasteiger partial charge in [0.05, 0.1) is 11.8 Å². The third-order valence-corrected chi connectivity index (χ3v) is 8.49. The number of rotatable bonds is 7. The predicted molar refractivity (Wildman–Crippen MR) is 132 cm³/mol. The first-order chi connectivity index (χ1) is 16.8. The second-order valence-corrected chi connectivity index (χ2v) is 10.6. The summed E-state index contributed by atoms with van der Waals surface area (Å²) in [7, 11) is 0. The van der Waals surface area contributed by atoms with Crippen LogP contribution in [0.25, 0.3) is 0 Å². The fraction of sp³-hybridized carbons (Fsp3) is 0.407. The number of nitrogens with zero attached hydrogens (tertiary/aromatic N) is 1. The van der Waals surface area contributed by atoms with Gasteiger partial charge in [0, 0.05) is 16.6 Å². The van der Waals surface area contributed by atoms with Crippen molar-refractivity contribution in [2.24, 2.45) is 23.7 Å². The molecule has 2 aliphatic carbocycles. The molecule has 0 spiro atoms. The summed E-state index contributed by atoms with van der Waals surface area (Å²) in [6.07, 6.45) is 2.99. The minimum Gasteiger partial charge on any atom is -0.454 e. The number of benzene rings is 2. The molecule has 3 aliphatic rings. The minimum absolute atomic E-state index is 0.152. The fourth-order valence-corrected chi connectivity index (χ4v) is 6.26. The number of halogens is 1. The minimum atomic E-state index is -1.09. The molecule has 1 heterocycles. The van der Waals surface area contributed by atoms with Crippen LogP contribution in [0.2, 0.25) is 0 Å². The van der Waals surface area contributed by atoms with E-state index in [9.17, 15) is 19.2 Å². The first-order valence-corrected chi connectivity index (χ1v) is 12.8. The van der Waals surface area contributed by atoms with Crippen molar-refractivity contribution in [3.63, 3.8) is 0 Å². The molecule has 182 valence electrons. The molecule has 35 heavy (non-hydrogen) atoms. The molecule has 0 aromatic heterocycles. The fourth-order valence-electron chi connectivity index (χ4n) is 6.01.